The van der Waals surface area contributed by atoms with Crippen molar-refractivity contribution in [2.24, 2.45) is 0 Å². The van der Waals surface area contributed by atoms with Gasteiger partial charge in [-0.25, -0.2) is 0 Å². The fourth-order valence-corrected chi connectivity index (χ4v) is 2.95. The molecule has 0 aromatic rings. The van der Waals surface area contributed by atoms with Crippen LogP contribution in [0.2, 0.25) is 0 Å². The van der Waals surface area contributed by atoms with E-state index in [2.05, 4.69) is 10.2 Å². The Kier molecular flexibility index (Phi) is 5.81. The van der Waals surface area contributed by atoms with E-state index in [9.17, 15) is 9.90 Å². The molecule has 2 N–H and O–H groups in total. The predicted molar refractivity (Wildman–Crippen MR) is 77.5 cm³/mol. The van der Waals surface area contributed by atoms with Gasteiger partial charge in [0.25, 0.3) is 5.91 Å². The number of piperidine rings is 1. The van der Waals surface area contributed by atoms with Crippen molar-refractivity contribution in [2.75, 3.05) is 32.8 Å². The maximum absolute atomic E-state index is 12.1. The molecule has 2 aliphatic heterocycles. The zero-order valence-electron chi connectivity index (χ0n) is 12.6. The molecule has 2 heterocycles. The molecule has 1 amide bonds. The molecule has 2 saturated heterocycles. The van der Waals surface area contributed by atoms with Crippen molar-refractivity contribution in [3.63, 3.8) is 0 Å². The standard InChI is InChI=1S/C15H28N2O3/c1-15(7-2-3-12-20-15)14(19)16-8-4-9-17-10-5-13(18)6-11-17/h13,18H,2-12H2,1H3,(H,16,19)/t15-/m0/s1. The summed E-state index contributed by atoms with van der Waals surface area (Å²) in [6.45, 7) is 6.22. The van der Waals surface area contributed by atoms with Crippen LogP contribution in [0.5, 0.6) is 0 Å². The number of ether oxygens (including phenoxy) is 1. The topological polar surface area (TPSA) is 61.8 Å². The van der Waals surface area contributed by atoms with Gasteiger partial charge in [0.2, 0.25) is 0 Å². The van der Waals surface area contributed by atoms with Gasteiger partial charge in [-0.2, -0.15) is 0 Å². The van der Waals surface area contributed by atoms with Crippen molar-refractivity contribution in [2.45, 2.75) is 57.2 Å². The van der Waals surface area contributed by atoms with Crippen LogP contribution in [-0.2, 0) is 9.53 Å². The Morgan fingerprint density at radius 3 is 2.80 bits per heavy atom. The van der Waals surface area contributed by atoms with Crippen molar-refractivity contribution < 1.29 is 14.6 Å². The Hall–Kier alpha value is -0.650. The summed E-state index contributed by atoms with van der Waals surface area (Å²) in [7, 11) is 0. The molecule has 20 heavy (non-hydrogen) atoms. The minimum Gasteiger partial charge on any atom is -0.393 e. The summed E-state index contributed by atoms with van der Waals surface area (Å²) in [6, 6.07) is 0. The van der Waals surface area contributed by atoms with E-state index in [0.717, 1.165) is 58.2 Å². The first-order valence-electron chi connectivity index (χ1n) is 7.93. The number of likely N-dealkylation sites (tertiary alicyclic amines) is 1. The van der Waals surface area contributed by atoms with Gasteiger partial charge < -0.3 is 20.1 Å². The average molecular weight is 284 g/mol. The lowest BCUT2D eigenvalue weighted by atomic mass is 9.95. The van der Waals surface area contributed by atoms with Crippen molar-refractivity contribution in [1.82, 2.24) is 10.2 Å². The Bertz CT molecular complexity index is 308. The van der Waals surface area contributed by atoms with Crippen LogP contribution < -0.4 is 5.32 Å². The molecule has 0 aromatic carbocycles. The zero-order valence-corrected chi connectivity index (χ0v) is 12.6. The minimum atomic E-state index is -0.618. The number of aliphatic hydroxyl groups excluding tert-OH is 1. The van der Waals surface area contributed by atoms with Crippen molar-refractivity contribution >= 4 is 5.91 Å². The van der Waals surface area contributed by atoms with E-state index in [1.54, 1.807) is 0 Å². The van der Waals surface area contributed by atoms with E-state index in [0.29, 0.717) is 13.2 Å². The van der Waals surface area contributed by atoms with Crippen LogP contribution in [0.15, 0.2) is 0 Å². The highest BCUT2D eigenvalue weighted by atomic mass is 16.5. The highest BCUT2D eigenvalue weighted by molar-refractivity contribution is 5.84. The first-order chi connectivity index (χ1) is 9.60. The SMILES string of the molecule is C[C@@]1(C(=O)NCCCN2CCC(O)CC2)CCCCO1. The number of nitrogens with zero attached hydrogens (tertiary/aromatic N) is 1. The summed E-state index contributed by atoms with van der Waals surface area (Å²) in [4.78, 5) is 14.5. The van der Waals surface area contributed by atoms with Gasteiger partial charge >= 0.3 is 0 Å². The van der Waals surface area contributed by atoms with Crippen LogP contribution in [0.1, 0.15) is 45.4 Å². The van der Waals surface area contributed by atoms with Crippen molar-refractivity contribution in [3.05, 3.63) is 0 Å². The zero-order chi connectivity index (χ0) is 14.4. The molecule has 1 atom stereocenters. The van der Waals surface area contributed by atoms with Crippen molar-refractivity contribution in [3.8, 4) is 0 Å². The number of amides is 1. The van der Waals surface area contributed by atoms with Crippen LogP contribution in [0.4, 0.5) is 0 Å². The number of hydrogen-bond donors (Lipinski definition) is 2. The average Bonchev–Trinajstić information content (AvgIpc) is 2.46. The van der Waals surface area contributed by atoms with Crippen LogP contribution in [-0.4, -0.2) is 60.4 Å². The van der Waals surface area contributed by atoms with Gasteiger partial charge in [0.1, 0.15) is 5.60 Å². The Morgan fingerprint density at radius 1 is 1.40 bits per heavy atom. The molecule has 2 aliphatic rings. The molecule has 0 spiro atoms. The van der Waals surface area contributed by atoms with Gasteiger partial charge in [-0.05, 0) is 52.0 Å². The maximum Gasteiger partial charge on any atom is 0.251 e. The van der Waals surface area contributed by atoms with Gasteiger partial charge in [-0.1, -0.05) is 0 Å². The molecular formula is C15H28N2O3. The highest BCUT2D eigenvalue weighted by Crippen LogP contribution is 2.24. The first-order valence-corrected chi connectivity index (χ1v) is 7.93. The van der Waals surface area contributed by atoms with Gasteiger partial charge in [0.15, 0.2) is 0 Å². The first kappa shape index (κ1) is 15.7. The Morgan fingerprint density at radius 2 is 2.15 bits per heavy atom. The van der Waals surface area contributed by atoms with Gasteiger partial charge in [0, 0.05) is 26.2 Å². The fourth-order valence-electron chi connectivity index (χ4n) is 2.95. The molecular weight excluding hydrogens is 256 g/mol. The number of rotatable bonds is 5. The highest BCUT2D eigenvalue weighted by Gasteiger charge is 2.35. The smallest absolute Gasteiger partial charge is 0.251 e. The van der Waals surface area contributed by atoms with E-state index in [1.165, 1.54) is 0 Å². The van der Waals surface area contributed by atoms with Gasteiger partial charge in [-0.3, -0.25) is 4.79 Å². The van der Waals surface area contributed by atoms with E-state index >= 15 is 0 Å². The molecule has 5 heteroatoms. The number of carbonyl (C=O) groups excluding carboxylic acids is 1. The van der Waals surface area contributed by atoms with Gasteiger partial charge in [-0.15, -0.1) is 0 Å². The number of hydrogen-bond acceptors (Lipinski definition) is 4. The quantitative estimate of drug-likeness (QED) is 0.737. The molecule has 2 fully saturated rings. The molecule has 2 rings (SSSR count). The fraction of sp³-hybridized carbons (Fsp3) is 0.933. The molecule has 0 aromatic heterocycles. The summed E-state index contributed by atoms with van der Waals surface area (Å²) >= 11 is 0. The monoisotopic (exact) mass is 284 g/mol. The summed E-state index contributed by atoms with van der Waals surface area (Å²) in [5.74, 6) is 0.0336. The lowest BCUT2D eigenvalue weighted by Gasteiger charge is -2.32. The van der Waals surface area contributed by atoms with E-state index < -0.39 is 5.60 Å². The molecule has 0 radical (unpaired) electrons. The third-order valence-electron chi connectivity index (χ3n) is 4.44. The van der Waals surface area contributed by atoms with Gasteiger partial charge in [0.05, 0.1) is 6.10 Å². The summed E-state index contributed by atoms with van der Waals surface area (Å²) < 4.78 is 5.64. The van der Waals surface area contributed by atoms with Crippen molar-refractivity contribution in [1.29, 1.82) is 0 Å². The molecule has 0 unspecified atom stereocenters. The van der Waals surface area contributed by atoms with Crippen LogP contribution >= 0.6 is 0 Å². The lowest BCUT2D eigenvalue weighted by molar-refractivity contribution is -0.150. The van der Waals surface area contributed by atoms with Crippen LogP contribution in [0, 0.1) is 0 Å². The molecule has 116 valence electrons. The molecule has 0 saturated carbocycles. The minimum absolute atomic E-state index is 0.0336. The Labute approximate surface area is 121 Å². The summed E-state index contributed by atoms with van der Waals surface area (Å²) in [5.41, 5.74) is -0.618. The maximum atomic E-state index is 12.1. The second-order valence-electron chi connectivity index (χ2n) is 6.22. The molecule has 0 aliphatic carbocycles. The number of carbonyl (C=O) groups is 1. The number of nitrogens with one attached hydrogen (secondary N) is 1. The third-order valence-corrected chi connectivity index (χ3v) is 4.44. The Balaban J connectivity index is 1.59. The van der Waals surface area contributed by atoms with E-state index in [1.807, 2.05) is 6.92 Å². The van der Waals surface area contributed by atoms with Crippen LogP contribution in [0.25, 0.3) is 0 Å². The predicted octanol–water partition coefficient (Wildman–Crippen LogP) is 0.909. The number of aliphatic hydroxyl groups is 1. The summed E-state index contributed by atoms with van der Waals surface area (Å²) in [6.07, 6.45) is 5.54. The second-order valence-corrected chi connectivity index (χ2v) is 6.22. The van der Waals surface area contributed by atoms with E-state index in [-0.39, 0.29) is 12.0 Å². The molecule has 5 nitrogen and oxygen atoms in total. The summed E-state index contributed by atoms with van der Waals surface area (Å²) in [5, 5.41) is 12.4. The van der Waals surface area contributed by atoms with E-state index in [4.69, 9.17) is 4.74 Å². The lowest BCUT2D eigenvalue weighted by Crippen LogP contribution is -2.49. The van der Waals surface area contributed by atoms with Crippen LogP contribution in [0.3, 0.4) is 0 Å². The normalized spacial score (nSPS) is 29.3. The third kappa shape index (κ3) is 4.43. The molecule has 0 bridgehead atoms. The largest absolute Gasteiger partial charge is 0.393 e. The second kappa shape index (κ2) is 7.38.